The molecule has 3 atom stereocenters. The van der Waals surface area contributed by atoms with E-state index in [-0.39, 0.29) is 6.10 Å². The van der Waals surface area contributed by atoms with Crippen molar-refractivity contribution in [2.75, 3.05) is 27.2 Å². The van der Waals surface area contributed by atoms with E-state index in [0.717, 1.165) is 25.8 Å². The molecule has 1 heterocycles. The Morgan fingerprint density at radius 2 is 2.00 bits per heavy atom. The van der Waals surface area contributed by atoms with Gasteiger partial charge in [0.15, 0.2) is 0 Å². The molecule has 1 aliphatic carbocycles. The molecule has 1 saturated heterocycles. The van der Waals surface area contributed by atoms with Crippen LogP contribution >= 0.6 is 0 Å². The molecule has 0 aromatic rings. The van der Waals surface area contributed by atoms with Crippen molar-refractivity contribution in [1.82, 2.24) is 9.80 Å². The molecule has 0 aromatic carbocycles. The molecule has 0 radical (unpaired) electrons. The average molecular weight is 254 g/mol. The molecule has 18 heavy (non-hydrogen) atoms. The molecule has 0 bridgehead atoms. The highest BCUT2D eigenvalue weighted by Gasteiger charge is 2.40. The van der Waals surface area contributed by atoms with Gasteiger partial charge < -0.3 is 10.0 Å². The van der Waals surface area contributed by atoms with Gasteiger partial charge >= 0.3 is 0 Å². The summed E-state index contributed by atoms with van der Waals surface area (Å²) in [5.41, 5.74) is 0.398. The van der Waals surface area contributed by atoms with Crippen LogP contribution in [-0.4, -0.2) is 60.3 Å². The maximum Gasteiger partial charge on any atom is 0.0695 e. The van der Waals surface area contributed by atoms with Crippen LogP contribution in [0.2, 0.25) is 0 Å². The monoisotopic (exact) mass is 254 g/mol. The fourth-order valence-corrected chi connectivity index (χ4v) is 3.79. The number of aliphatic hydroxyl groups is 1. The van der Waals surface area contributed by atoms with Crippen molar-refractivity contribution < 1.29 is 5.11 Å². The van der Waals surface area contributed by atoms with E-state index in [2.05, 4.69) is 37.7 Å². The van der Waals surface area contributed by atoms with Gasteiger partial charge in [0.2, 0.25) is 0 Å². The van der Waals surface area contributed by atoms with Gasteiger partial charge in [-0.2, -0.15) is 0 Å². The zero-order valence-electron chi connectivity index (χ0n) is 12.5. The molecule has 1 N–H and O–H groups in total. The van der Waals surface area contributed by atoms with Crippen LogP contribution in [0.4, 0.5) is 0 Å². The van der Waals surface area contributed by atoms with Gasteiger partial charge in [-0.1, -0.05) is 13.8 Å². The lowest BCUT2D eigenvalue weighted by Crippen LogP contribution is -2.52. The number of likely N-dealkylation sites (tertiary alicyclic amines) is 1. The summed E-state index contributed by atoms with van der Waals surface area (Å²) < 4.78 is 0. The Bertz CT molecular complexity index is 278. The Hall–Kier alpha value is -0.120. The molecular formula is C15H30N2O. The SMILES string of the molecule is CN(C)CC1CCCN1C1CC(C)(C)CCC1O. The fraction of sp³-hybridized carbons (Fsp3) is 1.00. The molecule has 3 heteroatoms. The predicted molar refractivity (Wildman–Crippen MR) is 75.7 cm³/mol. The molecule has 2 aliphatic rings. The molecule has 0 spiro atoms. The smallest absolute Gasteiger partial charge is 0.0695 e. The van der Waals surface area contributed by atoms with Gasteiger partial charge in [-0.3, -0.25) is 4.90 Å². The Labute approximate surface area is 112 Å². The van der Waals surface area contributed by atoms with Crippen LogP contribution in [0, 0.1) is 5.41 Å². The molecular weight excluding hydrogens is 224 g/mol. The number of rotatable bonds is 3. The van der Waals surface area contributed by atoms with Crippen LogP contribution in [-0.2, 0) is 0 Å². The van der Waals surface area contributed by atoms with Crippen LogP contribution in [0.5, 0.6) is 0 Å². The van der Waals surface area contributed by atoms with Gasteiger partial charge in [-0.05, 0) is 58.2 Å². The average Bonchev–Trinajstić information content (AvgIpc) is 2.69. The molecule has 1 saturated carbocycles. The summed E-state index contributed by atoms with van der Waals surface area (Å²) in [6, 6.07) is 1.04. The topological polar surface area (TPSA) is 26.7 Å². The number of hydrogen-bond acceptors (Lipinski definition) is 3. The first-order valence-electron chi connectivity index (χ1n) is 7.47. The van der Waals surface area contributed by atoms with Crippen LogP contribution in [0.3, 0.4) is 0 Å². The third-order valence-electron chi connectivity index (χ3n) is 4.75. The molecule has 1 aliphatic heterocycles. The molecule has 106 valence electrons. The first-order valence-corrected chi connectivity index (χ1v) is 7.47. The summed E-state index contributed by atoms with van der Waals surface area (Å²) in [7, 11) is 4.30. The summed E-state index contributed by atoms with van der Waals surface area (Å²) in [5.74, 6) is 0. The van der Waals surface area contributed by atoms with E-state index >= 15 is 0 Å². The van der Waals surface area contributed by atoms with Crippen molar-refractivity contribution in [1.29, 1.82) is 0 Å². The van der Waals surface area contributed by atoms with Gasteiger partial charge in [-0.25, -0.2) is 0 Å². The minimum Gasteiger partial charge on any atom is -0.391 e. The van der Waals surface area contributed by atoms with E-state index < -0.39 is 0 Å². The first kappa shape index (κ1) is 14.3. The summed E-state index contributed by atoms with van der Waals surface area (Å²) in [5, 5.41) is 10.4. The quantitative estimate of drug-likeness (QED) is 0.834. The Balaban J connectivity index is 2.03. The number of hydrogen-bond donors (Lipinski definition) is 1. The summed E-state index contributed by atoms with van der Waals surface area (Å²) >= 11 is 0. The van der Waals surface area contributed by atoms with Gasteiger partial charge in [0.05, 0.1) is 6.10 Å². The standard InChI is InChI=1S/C15H30N2O/c1-15(2)8-7-14(18)13(10-15)17-9-5-6-12(17)11-16(3)4/h12-14,18H,5-11H2,1-4H3. The third kappa shape index (κ3) is 3.25. The van der Waals surface area contributed by atoms with E-state index in [9.17, 15) is 5.11 Å². The zero-order valence-corrected chi connectivity index (χ0v) is 12.5. The lowest BCUT2D eigenvalue weighted by molar-refractivity contribution is -0.0250. The highest BCUT2D eigenvalue weighted by Crippen LogP contribution is 2.39. The highest BCUT2D eigenvalue weighted by atomic mass is 16.3. The van der Waals surface area contributed by atoms with Gasteiger partial charge in [0.25, 0.3) is 0 Å². The van der Waals surface area contributed by atoms with E-state index in [1.807, 2.05) is 0 Å². The zero-order chi connectivity index (χ0) is 13.3. The molecule has 0 aromatic heterocycles. The molecule has 3 nitrogen and oxygen atoms in total. The summed E-state index contributed by atoms with van der Waals surface area (Å²) in [6.45, 7) is 7.01. The van der Waals surface area contributed by atoms with Crippen LogP contribution in [0.15, 0.2) is 0 Å². The largest absolute Gasteiger partial charge is 0.391 e. The lowest BCUT2D eigenvalue weighted by atomic mass is 9.73. The van der Waals surface area contributed by atoms with E-state index in [0.29, 0.717) is 17.5 Å². The van der Waals surface area contributed by atoms with Crippen molar-refractivity contribution in [3.8, 4) is 0 Å². The van der Waals surface area contributed by atoms with Crippen molar-refractivity contribution in [3.63, 3.8) is 0 Å². The van der Waals surface area contributed by atoms with Gasteiger partial charge in [0.1, 0.15) is 0 Å². The van der Waals surface area contributed by atoms with Gasteiger partial charge in [0, 0.05) is 18.6 Å². The van der Waals surface area contributed by atoms with Gasteiger partial charge in [-0.15, -0.1) is 0 Å². The Morgan fingerprint density at radius 1 is 1.28 bits per heavy atom. The molecule has 2 rings (SSSR count). The Kier molecular flexibility index (Phi) is 4.35. The minimum atomic E-state index is -0.110. The highest BCUT2D eigenvalue weighted by molar-refractivity contribution is 4.95. The van der Waals surface area contributed by atoms with Crippen molar-refractivity contribution in [2.45, 2.75) is 64.1 Å². The maximum absolute atomic E-state index is 10.4. The summed E-state index contributed by atoms with van der Waals surface area (Å²) in [4.78, 5) is 4.88. The van der Waals surface area contributed by atoms with Crippen LogP contribution in [0.1, 0.15) is 46.0 Å². The molecule has 3 unspecified atom stereocenters. The number of aliphatic hydroxyl groups excluding tert-OH is 1. The van der Waals surface area contributed by atoms with E-state index in [1.165, 1.54) is 19.4 Å². The van der Waals surface area contributed by atoms with Crippen molar-refractivity contribution in [3.05, 3.63) is 0 Å². The van der Waals surface area contributed by atoms with E-state index in [1.54, 1.807) is 0 Å². The number of likely N-dealkylation sites (N-methyl/N-ethyl adjacent to an activating group) is 1. The lowest BCUT2D eigenvalue weighted by Gasteiger charge is -2.45. The maximum atomic E-state index is 10.4. The third-order valence-corrected chi connectivity index (χ3v) is 4.75. The molecule has 2 fully saturated rings. The normalized spacial score (nSPS) is 37.3. The van der Waals surface area contributed by atoms with E-state index in [4.69, 9.17) is 0 Å². The molecule has 0 amide bonds. The minimum absolute atomic E-state index is 0.110. The van der Waals surface area contributed by atoms with Crippen LogP contribution < -0.4 is 0 Å². The number of nitrogens with zero attached hydrogens (tertiary/aromatic N) is 2. The summed E-state index contributed by atoms with van der Waals surface area (Å²) in [6.07, 6.45) is 5.77. The van der Waals surface area contributed by atoms with Crippen LogP contribution in [0.25, 0.3) is 0 Å². The predicted octanol–water partition coefficient (Wildman–Crippen LogP) is 1.95. The van der Waals surface area contributed by atoms with Crippen molar-refractivity contribution >= 4 is 0 Å². The second kappa shape index (κ2) is 5.48. The second-order valence-electron chi connectivity index (χ2n) is 7.34. The fourth-order valence-electron chi connectivity index (χ4n) is 3.79. The second-order valence-corrected chi connectivity index (χ2v) is 7.34. The Morgan fingerprint density at radius 3 is 2.67 bits per heavy atom. The van der Waals surface area contributed by atoms with Crippen molar-refractivity contribution in [2.24, 2.45) is 5.41 Å². The first-order chi connectivity index (χ1) is 8.39.